The summed E-state index contributed by atoms with van der Waals surface area (Å²) in [5, 5.41) is 5.41. The van der Waals surface area contributed by atoms with Crippen molar-refractivity contribution < 1.29 is 19.0 Å². The van der Waals surface area contributed by atoms with Gasteiger partial charge in [0.1, 0.15) is 18.2 Å². The van der Waals surface area contributed by atoms with Crippen LogP contribution in [0.2, 0.25) is 0 Å². The molecule has 31 heavy (non-hydrogen) atoms. The molecule has 0 spiro atoms. The number of benzene rings is 1. The summed E-state index contributed by atoms with van der Waals surface area (Å²) in [6.45, 7) is 3.87. The van der Waals surface area contributed by atoms with Crippen LogP contribution in [0.4, 0.5) is 5.82 Å². The number of piperidine rings is 1. The Morgan fingerprint density at radius 2 is 2.00 bits per heavy atom. The molecule has 0 aliphatic carbocycles. The third-order valence-electron chi connectivity index (χ3n) is 5.39. The van der Waals surface area contributed by atoms with Gasteiger partial charge < -0.3 is 19.1 Å². The molecule has 3 aromatic rings. The van der Waals surface area contributed by atoms with Crippen LogP contribution >= 0.6 is 0 Å². The predicted molar refractivity (Wildman–Crippen MR) is 115 cm³/mol. The number of anilines is 1. The highest BCUT2D eigenvalue weighted by atomic mass is 16.5. The molecule has 0 N–H and O–H groups in total. The number of ether oxygens (including phenoxy) is 3. The molecule has 1 atom stereocenters. The molecular weight excluding hydrogens is 398 g/mol. The average Bonchev–Trinajstić information content (AvgIpc) is 3.23. The topological polar surface area (TPSA) is 91.6 Å². The molecule has 1 aliphatic rings. The quantitative estimate of drug-likeness (QED) is 0.534. The highest BCUT2D eigenvalue weighted by Gasteiger charge is 2.29. The van der Waals surface area contributed by atoms with Gasteiger partial charge in [-0.05, 0) is 44.0 Å². The smallest absolute Gasteiger partial charge is 0.310 e. The molecule has 9 nitrogen and oxygen atoms in total. The van der Waals surface area contributed by atoms with Crippen LogP contribution in [0.3, 0.4) is 0 Å². The second-order valence-corrected chi connectivity index (χ2v) is 7.43. The molecule has 0 unspecified atom stereocenters. The summed E-state index contributed by atoms with van der Waals surface area (Å²) in [7, 11) is 3.25. The van der Waals surface area contributed by atoms with Crippen molar-refractivity contribution in [1.82, 2.24) is 19.7 Å². The van der Waals surface area contributed by atoms with Crippen LogP contribution in [0.1, 0.15) is 25.6 Å². The van der Waals surface area contributed by atoms with E-state index < -0.39 is 0 Å². The number of hydrogen-bond donors (Lipinski definition) is 0. The number of hydrogen-bond acceptors (Lipinski definition) is 8. The second kappa shape index (κ2) is 9.30. The van der Waals surface area contributed by atoms with E-state index >= 15 is 0 Å². The molecule has 9 heteroatoms. The van der Waals surface area contributed by atoms with E-state index in [2.05, 4.69) is 10.00 Å². The maximum absolute atomic E-state index is 12.3. The zero-order chi connectivity index (χ0) is 21.8. The largest absolute Gasteiger partial charge is 0.497 e. The SMILES string of the molecule is CCOC(=O)[C@@H]1CCCN(c2nc(COC)nc3c2cnn3-c2ccc(OC)cc2)C1. The Balaban J connectivity index is 1.74. The summed E-state index contributed by atoms with van der Waals surface area (Å²) < 4.78 is 17.6. The summed E-state index contributed by atoms with van der Waals surface area (Å²) in [5.41, 5.74) is 1.56. The monoisotopic (exact) mass is 425 g/mol. The first-order chi connectivity index (χ1) is 15.1. The minimum Gasteiger partial charge on any atom is -0.497 e. The summed E-state index contributed by atoms with van der Waals surface area (Å²) in [6.07, 6.45) is 3.49. The van der Waals surface area contributed by atoms with Crippen LogP contribution in [0.15, 0.2) is 30.5 Å². The van der Waals surface area contributed by atoms with Crippen LogP contribution in [0.25, 0.3) is 16.7 Å². The molecule has 2 aromatic heterocycles. The van der Waals surface area contributed by atoms with Gasteiger partial charge in [0.15, 0.2) is 11.5 Å². The molecule has 0 saturated carbocycles. The van der Waals surface area contributed by atoms with Crippen molar-refractivity contribution in [2.24, 2.45) is 5.92 Å². The lowest BCUT2D eigenvalue weighted by molar-refractivity contribution is -0.148. The first-order valence-corrected chi connectivity index (χ1v) is 10.4. The van der Waals surface area contributed by atoms with Crippen molar-refractivity contribution >= 4 is 22.8 Å². The predicted octanol–water partition coefficient (Wildman–Crippen LogP) is 2.75. The number of aromatic nitrogens is 4. The van der Waals surface area contributed by atoms with Crippen LogP contribution in [-0.2, 0) is 20.9 Å². The van der Waals surface area contributed by atoms with E-state index in [1.807, 2.05) is 31.2 Å². The molecule has 0 radical (unpaired) electrons. The Morgan fingerprint density at radius 1 is 1.19 bits per heavy atom. The highest BCUT2D eigenvalue weighted by Crippen LogP contribution is 2.30. The number of rotatable bonds is 7. The normalized spacial score (nSPS) is 16.5. The number of methoxy groups -OCH3 is 2. The number of carbonyl (C=O) groups excluding carboxylic acids is 1. The van der Waals surface area contributed by atoms with Crippen LogP contribution in [0.5, 0.6) is 5.75 Å². The summed E-state index contributed by atoms with van der Waals surface area (Å²) >= 11 is 0. The minimum atomic E-state index is -0.166. The Hall–Kier alpha value is -3.20. The number of carbonyl (C=O) groups is 1. The Labute approximate surface area is 180 Å². The van der Waals surface area contributed by atoms with E-state index in [9.17, 15) is 4.79 Å². The lowest BCUT2D eigenvalue weighted by Gasteiger charge is -2.32. The third kappa shape index (κ3) is 4.32. The minimum absolute atomic E-state index is 0.149. The summed E-state index contributed by atoms with van der Waals surface area (Å²) in [6, 6.07) is 7.63. The average molecular weight is 425 g/mol. The van der Waals surface area contributed by atoms with Crippen molar-refractivity contribution in [3.63, 3.8) is 0 Å². The van der Waals surface area contributed by atoms with Crippen molar-refractivity contribution in [2.75, 3.05) is 38.8 Å². The van der Waals surface area contributed by atoms with E-state index in [4.69, 9.17) is 24.2 Å². The molecule has 1 saturated heterocycles. The summed E-state index contributed by atoms with van der Waals surface area (Å²) in [5.74, 6) is 1.79. The maximum atomic E-state index is 12.3. The van der Waals surface area contributed by atoms with Gasteiger partial charge in [0.05, 0.1) is 36.9 Å². The molecule has 1 fully saturated rings. The van der Waals surface area contributed by atoms with E-state index in [-0.39, 0.29) is 18.5 Å². The standard InChI is InChI=1S/C22H27N5O4/c1-4-31-22(28)15-6-5-11-26(13-15)20-18-12-23-27(16-7-9-17(30-3)10-8-16)21(18)25-19(24-20)14-29-2/h7-10,12,15H,4-6,11,13-14H2,1-3H3/t15-/m1/s1. The lowest BCUT2D eigenvalue weighted by Crippen LogP contribution is -2.40. The number of nitrogens with zero attached hydrogens (tertiary/aromatic N) is 5. The summed E-state index contributed by atoms with van der Waals surface area (Å²) in [4.78, 5) is 23.9. The first-order valence-electron chi connectivity index (χ1n) is 10.4. The molecule has 1 aromatic carbocycles. The van der Waals surface area contributed by atoms with Crippen LogP contribution in [-0.4, -0.2) is 59.6 Å². The van der Waals surface area contributed by atoms with Gasteiger partial charge in [-0.25, -0.2) is 14.6 Å². The van der Waals surface area contributed by atoms with Crippen molar-refractivity contribution in [3.05, 3.63) is 36.3 Å². The highest BCUT2D eigenvalue weighted by molar-refractivity contribution is 5.88. The van der Waals surface area contributed by atoms with Gasteiger partial charge >= 0.3 is 5.97 Å². The van der Waals surface area contributed by atoms with Crippen molar-refractivity contribution in [1.29, 1.82) is 0 Å². The van der Waals surface area contributed by atoms with Gasteiger partial charge in [-0.3, -0.25) is 4.79 Å². The maximum Gasteiger partial charge on any atom is 0.310 e. The Kier molecular flexibility index (Phi) is 6.31. The second-order valence-electron chi connectivity index (χ2n) is 7.43. The Bertz CT molecular complexity index is 1050. The van der Waals surface area contributed by atoms with Gasteiger partial charge in [0.25, 0.3) is 0 Å². The third-order valence-corrected chi connectivity index (χ3v) is 5.39. The van der Waals surface area contributed by atoms with E-state index in [0.717, 1.165) is 42.0 Å². The fraction of sp³-hybridized carbons (Fsp3) is 0.455. The zero-order valence-electron chi connectivity index (χ0n) is 18.1. The van der Waals surface area contributed by atoms with Gasteiger partial charge in [0, 0.05) is 20.2 Å². The molecule has 0 amide bonds. The molecule has 1 aliphatic heterocycles. The van der Waals surface area contributed by atoms with E-state index in [1.54, 1.807) is 25.1 Å². The lowest BCUT2D eigenvalue weighted by atomic mass is 9.98. The van der Waals surface area contributed by atoms with E-state index in [0.29, 0.717) is 24.6 Å². The zero-order valence-corrected chi connectivity index (χ0v) is 18.1. The van der Waals surface area contributed by atoms with Gasteiger partial charge in [-0.1, -0.05) is 0 Å². The number of fused-ring (bicyclic) bond motifs is 1. The fourth-order valence-electron chi connectivity index (χ4n) is 3.91. The molecule has 4 rings (SSSR count). The fourth-order valence-corrected chi connectivity index (χ4v) is 3.91. The van der Waals surface area contributed by atoms with E-state index in [1.165, 1.54) is 0 Å². The number of esters is 1. The van der Waals surface area contributed by atoms with Crippen molar-refractivity contribution in [3.8, 4) is 11.4 Å². The molecule has 3 heterocycles. The molecule has 0 bridgehead atoms. The van der Waals surface area contributed by atoms with Gasteiger partial charge in [0.2, 0.25) is 0 Å². The van der Waals surface area contributed by atoms with Crippen LogP contribution < -0.4 is 9.64 Å². The van der Waals surface area contributed by atoms with Gasteiger partial charge in [-0.2, -0.15) is 5.10 Å². The first kappa shape index (κ1) is 21.0. The molecule has 164 valence electrons. The van der Waals surface area contributed by atoms with Crippen LogP contribution in [0, 0.1) is 5.92 Å². The van der Waals surface area contributed by atoms with Gasteiger partial charge in [-0.15, -0.1) is 0 Å². The van der Waals surface area contributed by atoms with Crippen molar-refractivity contribution in [2.45, 2.75) is 26.4 Å². The molecular formula is C22H27N5O4. The Morgan fingerprint density at radius 3 is 2.71 bits per heavy atom.